The lowest BCUT2D eigenvalue weighted by molar-refractivity contribution is -0.0138. The summed E-state index contributed by atoms with van der Waals surface area (Å²) in [5, 5.41) is 10.1. The monoisotopic (exact) mass is 290 g/mol. The molecule has 1 atom stereocenters. The summed E-state index contributed by atoms with van der Waals surface area (Å²) in [6.45, 7) is 11.5. The lowest BCUT2D eigenvalue weighted by atomic mass is 10.2. The lowest BCUT2D eigenvalue weighted by Gasteiger charge is -2.31. The first-order chi connectivity index (χ1) is 8.85. The van der Waals surface area contributed by atoms with E-state index in [4.69, 9.17) is 14.6 Å². The Kier molecular flexibility index (Phi) is 6.28. The summed E-state index contributed by atoms with van der Waals surface area (Å²) < 4.78 is 10.2. The second-order valence-electron chi connectivity index (χ2n) is 6.50. The summed E-state index contributed by atoms with van der Waals surface area (Å²) >= 11 is 0. The molecule has 0 heterocycles. The average molecular weight is 290 g/mol. The van der Waals surface area contributed by atoms with Gasteiger partial charge in [-0.25, -0.2) is 20.0 Å². The molecule has 0 aliphatic carbocycles. The molecule has 7 heteroatoms. The minimum atomic E-state index is -0.788. The highest BCUT2D eigenvalue weighted by molar-refractivity contribution is 5.74. The zero-order chi connectivity index (χ0) is 16.1. The number of carbonyl (C=O) groups excluding carboxylic acids is 2. The highest BCUT2D eigenvalue weighted by atomic mass is 16.6. The fourth-order valence-corrected chi connectivity index (χ4v) is 1.13. The number of hydrogen-bond donors (Lipinski definition) is 2. The number of hydrazine groups is 1. The predicted molar refractivity (Wildman–Crippen MR) is 74.0 cm³/mol. The molecule has 0 radical (unpaired) electrons. The molecule has 0 bridgehead atoms. The van der Waals surface area contributed by atoms with E-state index in [0.29, 0.717) is 0 Å². The van der Waals surface area contributed by atoms with Crippen molar-refractivity contribution in [3.05, 3.63) is 0 Å². The Balaban J connectivity index is 4.82. The third-order valence-corrected chi connectivity index (χ3v) is 1.91. The van der Waals surface area contributed by atoms with Crippen LogP contribution in [0.2, 0.25) is 0 Å². The molecule has 0 saturated heterocycles. The van der Waals surface area contributed by atoms with Crippen molar-refractivity contribution in [2.75, 3.05) is 6.61 Å². The van der Waals surface area contributed by atoms with Crippen molar-refractivity contribution in [1.82, 2.24) is 10.4 Å². The third-order valence-electron chi connectivity index (χ3n) is 1.91. The highest BCUT2D eigenvalue weighted by Gasteiger charge is 2.29. The summed E-state index contributed by atoms with van der Waals surface area (Å²) in [7, 11) is 0. The number of aliphatic hydroxyl groups is 1. The SMILES string of the molecule is CC(CO)N(NC(=O)OC(C)(C)C)C(=O)OC(C)(C)C. The van der Waals surface area contributed by atoms with Gasteiger partial charge in [0.15, 0.2) is 0 Å². The van der Waals surface area contributed by atoms with Gasteiger partial charge in [-0.05, 0) is 48.5 Å². The van der Waals surface area contributed by atoms with Crippen molar-refractivity contribution in [2.45, 2.75) is 65.7 Å². The van der Waals surface area contributed by atoms with Gasteiger partial charge < -0.3 is 14.6 Å². The molecule has 0 fully saturated rings. The molecular weight excluding hydrogens is 264 g/mol. The van der Waals surface area contributed by atoms with Gasteiger partial charge in [0.2, 0.25) is 0 Å². The Bertz CT molecular complexity index is 344. The molecule has 20 heavy (non-hydrogen) atoms. The van der Waals surface area contributed by atoms with E-state index in [-0.39, 0.29) is 6.61 Å². The van der Waals surface area contributed by atoms with E-state index < -0.39 is 29.4 Å². The second kappa shape index (κ2) is 6.78. The van der Waals surface area contributed by atoms with E-state index in [2.05, 4.69) is 5.43 Å². The number of hydrogen-bond acceptors (Lipinski definition) is 5. The first kappa shape index (κ1) is 18.5. The molecule has 0 saturated carbocycles. The van der Waals surface area contributed by atoms with E-state index >= 15 is 0 Å². The summed E-state index contributed by atoms with van der Waals surface area (Å²) in [5.74, 6) is 0. The van der Waals surface area contributed by atoms with Crippen molar-refractivity contribution < 1.29 is 24.2 Å². The quantitative estimate of drug-likeness (QED) is 0.760. The average Bonchev–Trinajstić information content (AvgIpc) is 2.19. The van der Waals surface area contributed by atoms with E-state index in [1.165, 1.54) is 0 Å². The van der Waals surface area contributed by atoms with Crippen LogP contribution in [0.1, 0.15) is 48.5 Å². The minimum Gasteiger partial charge on any atom is -0.443 e. The minimum absolute atomic E-state index is 0.324. The molecule has 0 aliphatic heterocycles. The summed E-state index contributed by atoms with van der Waals surface area (Å²) in [4.78, 5) is 23.7. The van der Waals surface area contributed by atoms with Crippen molar-refractivity contribution in [1.29, 1.82) is 0 Å². The zero-order valence-corrected chi connectivity index (χ0v) is 13.3. The van der Waals surface area contributed by atoms with Gasteiger partial charge >= 0.3 is 12.2 Å². The maximum Gasteiger partial charge on any atom is 0.429 e. The zero-order valence-electron chi connectivity index (χ0n) is 13.3. The number of rotatable bonds is 2. The molecule has 0 aromatic carbocycles. The fraction of sp³-hybridized carbons (Fsp3) is 0.846. The summed E-state index contributed by atoms with van der Waals surface area (Å²) in [6.07, 6.45) is -1.55. The van der Waals surface area contributed by atoms with Crippen LogP contribution < -0.4 is 5.43 Å². The van der Waals surface area contributed by atoms with Gasteiger partial charge in [-0.1, -0.05) is 0 Å². The van der Waals surface area contributed by atoms with Crippen LogP contribution in [0, 0.1) is 0 Å². The van der Waals surface area contributed by atoms with E-state index in [1.54, 1.807) is 48.5 Å². The van der Waals surface area contributed by atoms with Crippen molar-refractivity contribution in [3.8, 4) is 0 Å². The number of ether oxygens (including phenoxy) is 2. The van der Waals surface area contributed by atoms with E-state index in [0.717, 1.165) is 5.01 Å². The maximum atomic E-state index is 12.0. The number of amides is 2. The number of aliphatic hydroxyl groups excluding tert-OH is 1. The standard InChI is InChI=1S/C13H26N2O5/c1-9(8-16)15(11(18)20-13(5,6)7)14-10(17)19-12(2,3)4/h9,16H,8H2,1-7H3,(H,14,17). The van der Waals surface area contributed by atoms with Gasteiger partial charge in [-0.15, -0.1) is 0 Å². The number of nitrogens with zero attached hydrogens (tertiary/aromatic N) is 1. The Morgan fingerprint density at radius 2 is 1.55 bits per heavy atom. The van der Waals surface area contributed by atoms with Crippen LogP contribution in [0.25, 0.3) is 0 Å². The predicted octanol–water partition coefficient (Wildman–Crippen LogP) is 2.04. The largest absolute Gasteiger partial charge is 0.443 e. The van der Waals surface area contributed by atoms with Gasteiger partial charge in [0.1, 0.15) is 11.2 Å². The highest BCUT2D eigenvalue weighted by Crippen LogP contribution is 2.12. The number of nitrogens with one attached hydrogen (secondary N) is 1. The first-order valence-electron chi connectivity index (χ1n) is 6.48. The molecule has 2 N–H and O–H groups in total. The van der Waals surface area contributed by atoms with Gasteiger partial charge in [0.05, 0.1) is 12.6 Å². The molecule has 0 rings (SSSR count). The smallest absolute Gasteiger partial charge is 0.429 e. The molecule has 0 aromatic rings. The van der Waals surface area contributed by atoms with E-state index in [1.807, 2.05) is 0 Å². The maximum absolute atomic E-state index is 12.0. The van der Waals surface area contributed by atoms with Gasteiger partial charge in [0.25, 0.3) is 0 Å². The lowest BCUT2D eigenvalue weighted by Crippen LogP contribution is -2.54. The Labute approximate surface area is 120 Å². The topological polar surface area (TPSA) is 88.1 Å². The fourth-order valence-electron chi connectivity index (χ4n) is 1.13. The third kappa shape index (κ3) is 7.83. The van der Waals surface area contributed by atoms with Gasteiger partial charge in [0, 0.05) is 0 Å². The molecular formula is C13H26N2O5. The number of carbonyl (C=O) groups is 2. The molecule has 118 valence electrons. The van der Waals surface area contributed by atoms with E-state index in [9.17, 15) is 9.59 Å². The van der Waals surface area contributed by atoms with Crippen LogP contribution in [0.4, 0.5) is 9.59 Å². The van der Waals surface area contributed by atoms with Crippen LogP contribution in [0.5, 0.6) is 0 Å². The van der Waals surface area contributed by atoms with Crippen LogP contribution in [-0.4, -0.2) is 46.2 Å². The molecule has 0 aromatic heterocycles. The van der Waals surface area contributed by atoms with Crippen molar-refractivity contribution >= 4 is 12.2 Å². The Morgan fingerprint density at radius 3 is 1.90 bits per heavy atom. The van der Waals surface area contributed by atoms with Crippen LogP contribution in [-0.2, 0) is 9.47 Å². The van der Waals surface area contributed by atoms with Crippen molar-refractivity contribution in [3.63, 3.8) is 0 Å². The molecule has 0 aliphatic rings. The van der Waals surface area contributed by atoms with Crippen LogP contribution in [0.15, 0.2) is 0 Å². The Morgan fingerprint density at radius 1 is 1.10 bits per heavy atom. The van der Waals surface area contributed by atoms with Crippen molar-refractivity contribution in [2.24, 2.45) is 0 Å². The van der Waals surface area contributed by atoms with Crippen LogP contribution in [0.3, 0.4) is 0 Å². The molecule has 2 amide bonds. The summed E-state index contributed by atoms with van der Waals surface area (Å²) in [5.41, 5.74) is 0.888. The second-order valence-corrected chi connectivity index (χ2v) is 6.50. The molecule has 7 nitrogen and oxygen atoms in total. The van der Waals surface area contributed by atoms with Gasteiger partial charge in [-0.3, -0.25) is 0 Å². The molecule has 0 spiro atoms. The first-order valence-corrected chi connectivity index (χ1v) is 6.48. The molecule has 1 unspecified atom stereocenters. The normalized spacial score (nSPS) is 13.4. The summed E-state index contributed by atoms with van der Waals surface area (Å²) in [6, 6.07) is -0.641. The van der Waals surface area contributed by atoms with Gasteiger partial charge in [-0.2, -0.15) is 0 Å². The van der Waals surface area contributed by atoms with Crippen LogP contribution >= 0.6 is 0 Å². The Hall–Kier alpha value is -1.50.